The van der Waals surface area contributed by atoms with Crippen molar-refractivity contribution in [3.8, 4) is 12.3 Å². The van der Waals surface area contributed by atoms with Crippen LogP contribution in [-0.4, -0.2) is 108 Å². The van der Waals surface area contributed by atoms with Crippen molar-refractivity contribution >= 4 is 10.1 Å². The van der Waals surface area contributed by atoms with E-state index >= 15 is 0 Å². The average Bonchev–Trinajstić information content (AvgIpc) is 2.84. The van der Waals surface area contributed by atoms with Gasteiger partial charge in [-0.1, -0.05) is 23.6 Å². The van der Waals surface area contributed by atoms with E-state index in [1.54, 1.807) is 12.1 Å². The van der Waals surface area contributed by atoms with E-state index in [4.69, 9.17) is 43.8 Å². The lowest BCUT2D eigenvalue weighted by Crippen LogP contribution is -2.15. The quantitative estimate of drug-likeness (QED) is 0.113. The van der Waals surface area contributed by atoms with Crippen LogP contribution in [0.15, 0.2) is 29.2 Å². The highest BCUT2D eigenvalue weighted by molar-refractivity contribution is 7.86. The van der Waals surface area contributed by atoms with Gasteiger partial charge in [-0.3, -0.25) is 4.18 Å². The van der Waals surface area contributed by atoms with Gasteiger partial charge in [-0.05, 0) is 19.1 Å². The summed E-state index contributed by atoms with van der Waals surface area (Å²) in [6.07, 6.45) is 5.06. The fraction of sp³-hybridized carbons (Fsp3) is 0.667. The molecule has 0 aliphatic rings. The van der Waals surface area contributed by atoms with Crippen LogP contribution in [0, 0.1) is 19.3 Å². The predicted molar refractivity (Wildman–Crippen MR) is 129 cm³/mol. The maximum atomic E-state index is 12.0. The van der Waals surface area contributed by atoms with E-state index in [-0.39, 0.29) is 18.1 Å². The van der Waals surface area contributed by atoms with Crippen LogP contribution >= 0.6 is 0 Å². The molecule has 0 spiro atoms. The zero-order valence-corrected chi connectivity index (χ0v) is 21.3. The molecule has 0 atom stereocenters. The van der Waals surface area contributed by atoms with Gasteiger partial charge in [0.1, 0.15) is 6.61 Å². The lowest BCUT2D eigenvalue weighted by Gasteiger charge is -2.09. The van der Waals surface area contributed by atoms with E-state index in [0.717, 1.165) is 5.56 Å². The highest BCUT2D eigenvalue weighted by Gasteiger charge is 2.14. The molecule has 0 aliphatic heterocycles. The first-order valence-electron chi connectivity index (χ1n) is 11.5. The van der Waals surface area contributed by atoms with Gasteiger partial charge in [-0.2, -0.15) is 8.42 Å². The molecule has 1 aromatic carbocycles. The van der Waals surface area contributed by atoms with Gasteiger partial charge in [0.15, 0.2) is 0 Å². The first-order valence-corrected chi connectivity index (χ1v) is 12.9. The van der Waals surface area contributed by atoms with E-state index in [0.29, 0.717) is 85.9 Å². The molecule has 0 unspecified atom stereocenters. The molecule has 1 rings (SSSR count). The van der Waals surface area contributed by atoms with Gasteiger partial charge in [-0.15, -0.1) is 6.42 Å². The largest absolute Gasteiger partial charge is 0.377 e. The average molecular weight is 519 g/mol. The molecule has 0 N–H and O–H groups in total. The second-order valence-electron chi connectivity index (χ2n) is 7.02. The zero-order valence-electron chi connectivity index (χ0n) is 20.5. The smallest absolute Gasteiger partial charge is 0.297 e. The third-order valence-electron chi connectivity index (χ3n) is 4.19. The third-order valence-corrected chi connectivity index (χ3v) is 5.52. The number of rotatable bonds is 24. The number of hydrogen-bond acceptors (Lipinski definition) is 10. The fourth-order valence-corrected chi connectivity index (χ4v) is 3.32. The van der Waals surface area contributed by atoms with Crippen LogP contribution in [-0.2, 0) is 47.5 Å². The van der Waals surface area contributed by atoms with Crippen molar-refractivity contribution in [2.45, 2.75) is 11.8 Å². The Morgan fingerprint density at radius 1 is 0.600 bits per heavy atom. The number of hydrogen-bond donors (Lipinski definition) is 0. The molecule has 0 amide bonds. The molecule has 10 nitrogen and oxygen atoms in total. The van der Waals surface area contributed by atoms with E-state index in [2.05, 4.69) is 5.92 Å². The van der Waals surface area contributed by atoms with E-state index in [9.17, 15) is 8.42 Å². The Labute approximate surface area is 209 Å². The molecule has 1 aromatic rings. The first-order chi connectivity index (χ1) is 17.1. The fourth-order valence-electron chi connectivity index (χ4n) is 2.43. The minimum absolute atomic E-state index is 0.0543. The number of aryl methyl sites for hydroxylation is 1. The van der Waals surface area contributed by atoms with Gasteiger partial charge < -0.3 is 33.2 Å². The van der Waals surface area contributed by atoms with Gasteiger partial charge in [-0.25, -0.2) is 0 Å². The van der Waals surface area contributed by atoms with Crippen molar-refractivity contribution in [2.24, 2.45) is 0 Å². The number of terminal acetylenes is 1. The highest BCUT2D eigenvalue weighted by atomic mass is 32.2. The summed E-state index contributed by atoms with van der Waals surface area (Å²) >= 11 is 0. The van der Waals surface area contributed by atoms with Crippen molar-refractivity contribution in [1.29, 1.82) is 0 Å². The lowest BCUT2D eigenvalue weighted by molar-refractivity contribution is -0.0204. The van der Waals surface area contributed by atoms with Crippen LogP contribution in [0.3, 0.4) is 0 Å². The maximum absolute atomic E-state index is 12.0. The summed E-state index contributed by atoms with van der Waals surface area (Å²) in [6.45, 7) is 7.74. The maximum Gasteiger partial charge on any atom is 0.297 e. The molecule has 200 valence electrons. The second kappa shape index (κ2) is 21.7. The zero-order chi connectivity index (χ0) is 25.5. The van der Waals surface area contributed by atoms with Crippen molar-refractivity contribution in [3.05, 3.63) is 29.8 Å². The van der Waals surface area contributed by atoms with Crippen molar-refractivity contribution in [1.82, 2.24) is 0 Å². The van der Waals surface area contributed by atoms with Crippen LogP contribution in [0.2, 0.25) is 0 Å². The molecule has 0 aromatic heterocycles. The Morgan fingerprint density at radius 2 is 0.943 bits per heavy atom. The summed E-state index contributed by atoms with van der Waals surface area (Å²) in [5, 5.41) is 0. The van der Waals surface area contributed by atoms with Crippen LogP contribution in [0.25, 0.3) is 0 Å². The summed E-state index contributed by atoms with van der Waals surface area (Å²) in [6, 6.07) is 6.48. The molecule has 0 aliphatic carbocycles. The molecule has 0 heterocycles. The highest BCUT2D eigenvalue weighted by Crippen LogP contribution is 2.12. The molecule has 11 heteroatoms. The van der Waals surface area contributed by atoms with Crippen LogP contribution in [0.4, 0.5) is 0 Å². The van der Waals surface area contributed by atoms with E-state index < -0.39 is 10.1 Å². The van der Waals surface area contributed by atoms with Crippen LogP contribution in [0.5, 0.6) is 0 Å². The molecule has 0 saturated carbocycles. The van der Waals surface area contributed by atoms with Crippen molar-refractivity contribution < 1.29 is 45.8 Å². The Kier molecular flexibility index (Phi) is 19.5. The number of ether oxygens (including phenoxy) is 7. The molecule has 0 fully saturated rings. The lowest BCUT2D eigenvalue weighted by atomic mass is 10.2. The molecule has 0 bridgehead atoms. The Balaban J connectivity index is 1.77. The Bertz CT molecular complexity index is 762. The van der Waals surface area contributed by atoms with Gasteiger partial charge in [0.05, 0.1) is 97.4 Å². The van der Waals surface area contributed by atoms with Crippen LogP contribution < -0.4 is 0 Å². The Morgan fingerprint density at radius 3 is 1.31 bits per heavy atom. The minimum atomic E-state index is -3.76. The van der Waals surface area contributed by atoms with Crippen molar-refractivity contribution in [2.75, 3.05) is 99.1 Å². The van der Waals surface area contributed by atoms with Gasteiger partial charge in [0.25, 0.3) is 10.1 Å². The van der Waals surface area contributed by atoms with Gasteiger partial charge in [0, 0.05) is 0 Å². The monoisotopic (exact) mass is 518 g/mol. The summed E-state index contributed by atoms with van der Waals surface area (Å²) in [5.41, 5.74) is 0.977. The second-order valence-corrected chi connectivity index (χ2v) is 8.64. The predicted octanol–water partition coefficient (Wildman–Crippen LogP) is 1.45. The molecule has 0 saturated heterocycles. The third kappa shape index (κ3) is 18.4. The summed E-state index contributed by atoms with van der Waals surface area (Å²) < 4.78 is 66.2. The summed E-state index contributed by atoms with van der Waals surface area (Å²) in [5.74, 6) is 2.38. The van der Waals surface area contributed by atoms with Crippen LogP contribution in [0.1, 0.15) is 5.56 Å². The molecule has 0 radical (unpaired) electrons. The van der Waals surface area contributed by atoms with Gasteiger partial charge >= 0.3 is 0 Å². The van der Waals surface area contributed by atoms with Crippen molar-refractivity contribution in [3.63, 3.8) is 0 Å². The van der Waals surface area contributed by atoms with Gasteiger partial charge in [0.2, 0.25) is 0 Å². The standard InChI is InChI=1S/C24H38O10S/c1-3-8-27-9-10-28-11-12-29-13-14-30-15-16-31-17-18-32-19-20-33-21-22-34-35(25,26)24-6-4-23(2)5-7-24/h1,4-7H,8-22H2,2H3. The topological polar surface area (TPSA) is 108 Å². The van der Waals surface area contributed by atoms with E-state index in [1.807, 2.05) is 6.92 Å². The molecular formula is C24H38O10S. The summed E-state index contributed by atoms with van der Waals surface area (Å²) in [4.78, 5) is 0.130. The summed E-state index contributed by atoms with van der Waals surface area (Å²) in [7, 11) is -3.76. The SMILES string of the molecule is C#CCOCCOCCOCCOCCOCCOCCOCCOS(=O)(=O)c1ccc(C)cc1. The normalized spacial score (nSPS) is 11.5. The molecule has 35 heavy (non-hydrogen) atoms. The minimum Gasteiger partial charge on any atom is -0.377 e. The first kappa shape index (κ1) is 31.4. The Hall–Kier alpha value is -1.59. The number of benzene rings is 1. The molecular weight excluding hydrogens is 480 g/mol. The van der Waals surface area contributed by atoms with E-state index in [1.165, 1.54) is 12.1 Å².